The molecule has 0 bridgehead atoms. The van der Waals surface area contributed by atoms with Gasteiger partial charge in [-0.15, -0.1) is 11.3 Å². The standard InChI is InChI=1S/C18H18ClFN4OS/c1-12-9-17(24(22-12)14-5-3-13(20)4-6-14)21-18(25)11-23(2)10-15-7-8-16(19)26-15/h3-9H,10-11H2,1-2H3,(H,21,25). The van der Waals surface area contributed by atoms with Crippen molar-refractivity contribution < 1.29 is 9.18 Å². The van der Waals surface area contributed by atoms with Crippen LogP contribution < -0.4 is 5.32 Å². The van der Waals surface area contributed by atoms with Gasteiger partial charge in [0.2, 0.25) is 5.91 Å². The lowest BCUT2D eigenvalue weighted by atomic mass is 10.3. The number of likely N-dealkylation sites (N-methyl/N-ethyl adjacent to an activating group) is 1. The maximum atomic E-state index is 13.1. The maximum absolute atomic E-state index is 13.1. The lowest BCUT2D eigenvalue weighted by Gasteiger charge is -2.15. The molecule has 0 unspecified atom stereocenters. The smallest absolute Gasteiger partial charge is 0.239 e. The lowest BCUT2D eigenvalue weighted by Crippen LogP contribution is -2.30. The highest BCUT2D eigenvalue weighted by Gasteiger charge is 2.13. The molecule has 0 radical (unpaired) electrons. The summed E-state index contributed by atoms with van der Waals surface area (Å²) in [4.78, 5) is 15.4. The number of aryl methyl sites for hydroxylation is 1. The summed E-state index contributed by atoms with van der Waals surface area (Å²) in [5, 5.41) is 7.24. The monoisotopic (exact) mass is 392 g/mol. The van der Waals surface area contributed by atoms with Gasteiger partial charge in [0.15, 0.2) is 0 Å². The Hall–Kier alpha value is -2.22. The highest BCUT2D eigenvalue weighted by atomic mass is 35.5. The van der Waals surface area contributed by atoms with E-state index in [1.165, 1.54) is 23.5 Å². The van der Waals surface area contributed by atoms with Crippen molar-refractivity contribution in [3.8, 4) is 5.69 Å². The summed E-state index contributed by atoms with van der Waals surface area (Å²) >= 11 is 7.43. The van der Waals surface area contributed by atoms with Crippen LogP contribution in [0.25, 0.3) is 5.69 Å². The summed E-state index contributed by atoms with van der Waals surface area (Å²) < 4.78 is 15.5. The van der Waals surface area contributed by atoms with Gasteiger partial charge in [-0.05, 0) is 50.4 Å². The normalized spacial score (nSPS) is 11.1. The molecule has 3 aromatic rings. The quantitative estimate of drug-likeness (QED) is 0.687. The van der Waals surface area contributed by atoms with Crippen molar-refractivity contribution in [3.05, 3.63) is 63.2 Å². The van der Waals surface area contributed by atoms with Crippen LogP contribution in [-0.4, -0.2) is 34.2 Å². The fourth-order valence-corrected chi connectivity index (χ4v) is 3.72. The van der Waals surface area contributed by atoms with Crippen molar-refractivity contribution in [3.63, 3.8) is 0 Å². The minimum atomic E-state index is -0.321. The fourth-order valence-electron chi connectivity index (χ4n) is 2.55. The minimum absolute atomic E-state index is 0.154. The number of nitrogens with zero attached hydrogens (tertiary/aromatic N) is 3. The number of aromatic nitrogens is 2. The van der Waals surface area contributed by atoms with E-state index in [0.717, 1.165) is 14.9 Å². The van der Waals surface area contributed by atoms with E-state index >= 15 is 0 Å². The van der Waals surface area contributed by atoms with Crippen LogP contribution >= 0.6 is 22.9 Å². The topological polar surface area (TPSA) is 50.2 Å². The maximum Gasteiger partial charge on any atom is 0.239 e. The Labute approximate surface area is 160 Å². The van der Waals surface area contributed by atoms with Gasteiger partial charge >= 0.3 is 0 Å². The summed E-state index contributed by atoms with van der Waals surface area (Å²) in [6, 6.07) is 11.5. The molecule has 1 amide bonds. The Balaban J connectivity index is 1.66. The van der Waals surface area contributed by atoms with E-state index in [4.69, 9.17) is 11.6 Å². The molecular formula is C18H18ClFN4OS. The van der Waals surface area contributed by atoms with Gasteiger partial charge in [-0.1, -0.05) is 11.6 Å². The van der Waals surface area contributed by atoms with E-state index in [2.05, 4.69) is 10.4 Å². The van der Waals surface area contributed by atoms with Gasteiger partial charge in [-0.25, -0.2) is 9.07 Å². The van der Waals surface area contributed by atoms with E-state index in [1.54, 1.807) is 22.9 Å². The number of carbonyl (C=O) groups excluding carboxylic acids is 1. The van der Waals surface area contributed by atoms with Crippen LogP contribution in [-0.2, 0) is 11.3 Å². The molecule has 0 aliphatic heterocycles. The predicted molar refractivity (Wildman–Crippen MR) is 103 cm³/mol. The van der Waals surface area contributed by atoms with Crippen molar-refractivity contribution in [2.24, 2.45) is 0 Å². The Morgan fingerprint density at radius 2 is 2.04 bits per heavy atom. The van der Waals surface area contributed by atoms with Crippen molar-refractivity contribution in [1.82, 2.24) is 14.7 Å². The van der Waals surface area contributed by atoms with E-state index in [-0.39, 0.29) is 18.3 Å². The SMILES string of the molecule is Cc1cc(NC(=O)CN(C)Cc2ccc(Cl)s2)n(-c2ccc(F)cc2)n1. The highest BCUT2D eigenvalue weighted by molar-refractivity contribution is 7.16. The fraction of sp³-hybridized carbons (Fsp3) is 0.222. The molecule has 0 saturated carbocycles. The first kappa shape index (κ1) is 18.6. The molecule has 0 fully saturated rings. The molecule has 3 rings (SSSR count). The van der Waals surface area contributed by atoms with Crippen LogP contribution in [0.15, 0.2) is 42.5 Å². The first-order valence-corrected chi connectivity index (χ1v) is 9.15. The van der Waals surface area contributed by atoms with Crippen molar-refractivity contribution in [1.29, 1.82) is 0 Å². The summed E-state index contributed by atoms with van der Waals surface area (Å²) in [5.41, 5.74) is 1.43. The van der Waals surface area contributed by atoms with Gasteiger partial charge in [-0.3, -0.25) is 9.69 Å². The van der Waals surface area contributed by atoms with Crippen LogP contribution in [0.3, 0.4) is 0 Å². The van der Waals surface area contributed by atoms with Gasteiger partial charge in [0.1, 0.15) is 11.6 Å². The van der Waals surface area contributed by atoms with Gasteiger partial charge in [0, 0.05) is 17.5 Å². The second-order valence-electron chi connectivity index (χ2n) is 5.99. The molecule has 0 aliphatic rings. The second-order valence-corrected chi connectivity index (χ2v) is 7.79. The van der Waals surface area contributed by atoms with E-state index in [1.807, 2.05) is 31.0 Å². The third-order valence-electron chi connectivity index (χ3n) is 3.64. The molecule has 2 aromatic heterocycles. The average Bonchev–Trinajstić information content (AvgIpc) is 3.13. The Kier molecular flexibility index (Phi) is 5.70. The zero-order chi connectivity index (χ0) is 18.7. The van der Waals surface area contributed by atoms with E-state index in [9.17, 15) is 9.18 Å². The Bertz CT molecular complexity index is 906. The molecule has 0 aliphatic carbocycles. The summed E-state index contributed by atoms with van der Waals surface area (Å²) in [7, 11) is 1.87. The van der Waals surface area contributed by atoms with Crippen LogP contribution in [0.1, 0.15) is 10.6 Å². The van der Waals surface area contributed by atoms with Gasteiger partial charge in [0.25, 0.3) is 0 Å². The number of rotatable bonds is 6. The van der Waals surface area contributed by atoms with E-state index in [0.29, 0.717) is 18.1 Å². The molecule has 2 heterocycles. The Morgan fingerprint density at radius 3 is 2.69 bits per heavy atom. The van der Waals surface area contributed by atoms with Crippen LogP contribution in [0.2, 0.25) is 4.34 Å². The number of amides is 1. The number of benzene rings is 1. The lowest BCUT2D eigenvalue weighted by molar-refractivity contribution is -0.117. The molecule has 0 spiro atoms. The van der Waals surface area contributed by atoms with Crippen LogP contribution in [0.5, 0.6) is 0 Å². The number of halogens is 2. The number of hydrogen-bond acceptors (Lipinski definition) is 4. The third-order valence-corrected chi connectivity index (χ3v) is 4.85. The average molecular weight is 393 g/mol. The van der Waals surface area contributed by atoms with Gasteiger partial charge < -0.3 is 5.32 Å². The molecule has 8 heteroatoms. The molecule has 136 valence electrons. The van der Waals surface area contributed by atoms with Crippen molar-refractivity contribution >= 4 is 34.7 Å². The second kappa shape index (κ2) is 7.99. The number of anilines is 1. The van der Waals surface area contributed by atoms with Crippen LogP contribution in [0.4, 0.5) is 10.2 Å². The first-order valence-electron chi connectivity index (χ1n) is 7.96. The number of carbonyl (C=O) groups is 1. The summed E-state index contributed by atoms with van der Waals surface area (Å²) in [5.74, 6) is 0.0728. The first-order chi connectivity index (χ1) is 12.4. The van der Waals surface area contributed by atoms with Crippen molar-refractivity contribution in [2.75, 3.05) is 18.9 Å². The predicted octanol–water partition coefficient (Wildman–Crippen LogP) is 4.11. The molecule has 0 saturated heterocycles. The molecule has 26 heavy (non-hydrogen) atoms. The van der Waals surface area contributed by atoms with Gasteiger partial charge in [0.05, 0.1) is 22.3 Å². The molecule has 0 atom stereocenters. The molecule has 5 nitrogen and oxygen atoms in total. The summed E-state index contributed by atoms with van der Waals surface area (Å²) in [6.07, 6.45) is 0. The van der Waals surface area contributed by atoms with E-state index < -0.39 is 0 Å². The van der Waals surface area contributed by atoms with Crippen LogP contribution in [0, 0.1) is 12.7 Å². The number of thiophene rings is 1. The number of hydrogen-bond donors (Lipinski definition) is 1. The zero-order valence-corrected chi connectivity index (χ0v) is 15.9. The van der Waals surface area contributed by atoms with Crippen molar-refractivity contribution in [2.45, 2.75) is 13.5 Å². The minimum Gasteiger partial charge on any atom is -0.309 e. The summed E-state index contributed by atoms with van der Waals surface area (Å²) in [6.45, 7) is 2.70. The number of nitrogens with one attached hydrogen (secondary N) is 1. The highest BCUT2D eigenvalue weighted by Crippen LogP contribution is 2.22. The molecular weight excluding hydrogens is 375 g/mol. The molecule has 1 N–H and O–H groups in total. The molecule has 1 aromatic carbocycles. The third kappa shape index (κ3) is 4.69. The Morgan fingerprint density at radius 1 is 1.31 bits per heavy atom. The van der Waals surface area contributed by atoms with Gasteiger partial charge in [-0.2, -0.15) is 5.10 Å². The largest absolute Gasteiger partial charge is 0.309 e. The zero-order valence-electron chi connectivity index (χ0n) is 14.4.